The van der Waals surface area contributed by atoms with Crippen LogP contribution in [0.25, 0.3) is 0 Å². The number of carbonyl (C=O) groups is 1. The van der Waals surface area contributed by atoms with Crippen LogP contribution in [0.4, 0.5) is 0 Å². The average Bonchev–Trinajstić information content (AvgIpc) is 3.08. The van der Waals surface area contributed by atoms with Gasteiger partial charge in [-0.15, -0.1) is 0 Å². The molecule has 1 unspecified atom stereocenters. The first-order valence-corrected chi connectivity index (χ1v) is 7.09. The molecule has 112 valence electrons. The lowest BCUT2D eigenvalue weighted by Gasteiger charge is -2.06. The van der Waals surface area contributed by atoms with Gasteiger partial charge in [-0.2, -0.15) is 4.98 Å². The Morgan fingerprint density at radius 3 is 3.15 bits per heavy atom. The quantitative estimate of drug-likeness (QED) is 0.722. The number of ether oxygens (including phenoxy) is 1. The molecule has 0 bridgehead atoms. The zero-order valence-corrected chi connectivity index (χ0v) is 12.0. The van der Waals surface area contributed by atoms with E-state index < -0.39 is 0 Å². The van der Waals surface area contributed by atoms with E-state index in [1.807, 2.05) is 0 Å². The molecular formula is C13H22N4O3. The second kappa shape index (κ2) is 7.35. The summed E-state index contributed by atoms with van der Waals surface area (Å²) in [4.78, 5) is 15.9. The van der Waals surface area contributed by atoms with Gasteiger partial charge in [-0.25, -0.2) is 0 Å². The van der Waals surface area contributed by atoms with Crippen molar-refractivity contribution in [3.05, 3.63) is 11.7 Å². The van der Waals surface area contributed by atoms with E-state index in [9.17, 15) is 4.79 Å². The molecule has 7 heteroatoms. The van der Waals surface area contributed by atoms with Crippen LogP contribution in [0.15, 0.2) is 4.52 Å². The molecule has 1 saturated heterocycles. The van der Waals surface area contributed by atoms with Gasteiger partial charge in [0, 0.05) is 13.2 Å². The fourth-order valence-corrected chi connectivity index (χ4v) is 2.00. The van der Waals surface area contributed by atoms with Gasteiger partial charge >= 0.3 is 0 Å². The summed E-state index contributed by atoms with van der Waals surface area (Å²) >= 11 is 0. The maximum absolute atomic E-state index is 11.8. The predicted molar refractivity (Wildman–Crippen MR) is 72.3 cm³/mol. The van der Waals surface area contributed by atoms with Crippen molar-refractivity contribution in [1.29, 1.82) is 0 Å². The van der Waals surface area contributed by atoms with Gasteiger partial charge in [-0.1, -0.05) is 19.0 Å². The Balaban J connectivity index is 1.72. The van der Waals surface area contributed by atoms with Gasteiger partial charge in [0.1, 0.15) is 0 Å². The molecule has 1 aliphatic rings. The van der Waals surface area contributed by atoms with Crippen molar-refractivity contribution in [2.45, 2.75) is 32.7 Å². The summed E-state index contributed by atoms with van der Waals surface area (Å²) in [6.45, 7) is 6.72. The zero-order chi connectivity index (χ0) is 14.4. The Morgan fingerprint density at radius 2 is 2.45 bits per heavy atom. The Bertz CT molecular complexity index is 427. The van der Waals surface area contributed by atoms with Crippen molar-refractivity contribution in [2.24, 2.45) is 5.92 Å². The molecule has 1 amide bonds. The van der Waals surface area contributed by atoms with E-state index in [0.717, 1.165) is 19.4 Å². The van der Waals surface area contributed by atoms with Crippen molar-refractivity contribution in [3.63, 3.8) is 0 Å². The molecular weight excluding hydrogens is 260 g/mol. The molecule has 2 rings (SSSR count). The Hall–Kier alpha value is -1.47. The molecule has 1 atom stereocenters. The van der Waals surface area contributed by atoms with E-state index >= 15 is 0 Å². The van der Waals surface area contributed by atoms with Crippen LogP contribution in [0, 0.1) is 5.92 Å². The highest BCUT2D eigenvalue weighted by atomic mass is 16.5. The lowest BCUT2D eigenvalue weighted by Crippen LogP contribution is -2.28. The van der Waals surface area contributed by atoms with Crippen LogP contribution in [-0.2, 0) is 4.74 Å². The number of hydrogen-bond donors (Lipinski definition) is 2. The number of rotatable bonds is 7. The van der Waals surface area contributed by atoms with Gasteiger partial charge in [-0.3, -0.25) is 4.79 Å². The van der Waals surface area contributed by atoms with Crippen molar-refractivity contribution in [2.75, 3.05) is 26.3 Å². The standard InChI is InChI=1S/C13H22N4O3/c1-9(2)8-19-7-6-15-12(18)11-16-13(20-17-11)10-4-3-5-14-10/h9-10,14H,3-8H2,1-2H3,(H,15,18). The second-order valence-corrected chi connectivity index (χ2v) is 5.33. The molecule has 1 aromatic heterocycles. The first-order chi connectivity index (χ1) is 9.66. The molecule has 7 nitrogen and oxygen atoms in total. The van der Waals surface area contributed by atoms with Gasteiger partial charge in [0.15, 0.2) is 0 Å². The van der Waals surface area contributed by atoms with Gasteiger partial charge < -0.3 is 19.9 Å². The van der Waals surface area contributed by atoms with Crippen LogP contribution in [0.1, 0.15) is 49.2 Å². The van der Waals surface area contributed by atoms with Crippen molar-refractivity contribution >= 4 is 5.91 Å². The highest BCUT2D eigenvalue weighted by molar-refractivity contribution is 5.90. The minimum absolute atomic E-state index is 0.0811. The summed E-state index contributed by atoms with van der Waals surface area (Å²) in [5.41, 5.74) is 0. The number of aromatic nitrogens is 2. The normalized spacial score (nSPS) is 18.6. The van der Waals surface area contributed by atoms with Gasteiger partial charge in [-0.05, 0) is 25.3 Å². The molecule has 20 heavy (non-hydrogen) atoms. The van der Waals surface area contributed by atoms with Crippen molar-refractivity contribution < 1.29 is 14.1 Å². The molecule has 0 spiro atoms. The van der Waals surface area contributed by atoms with Crippen LogP contribution < -0.4 is 10.6 Å². The Kier molecular flexibility index (Phi) is 5.49. The van der Waals surface area contributed by atoms with E-state index in [1.54, 1.807) is 0 Å². The summed E-state index contributed by atoms with van der Waals surface area (Å²) in [5.74, 6) is 0.733. The number of nitrogens with one attached hydrogen (secondary N) is 2. The Morgan fingerprint density at radius 1 is 1.60 bits per heavy atom. The fraction of sp³-hybridized carbons (Fsp3) is 0.769. The number of carbonyl (C=O) groups excluding carboxylic acids is 1. The number of amides is 1. The van der Waals surface area contributed by atoms with E-state index in [4.69, 9.17) is 9.26 Å². The minimum Gasteiger partial charge on any atom is -0.379 e. The summed E-state index contributed by atoms with van der Waals surface area (Å²) in [7, 11) is 0. The number of hydrogen-bond acceptors (Lipinski definition) is 6. The number of nitrogens with zero attached hydrogens (tertiary/aromatic N) is 2. The van der Waals surface area contributed by atoms with Crippen LogP contribution in [-0.4, -0.2) is 42.4 Å². The third kappa shape index (κ3) is 4.28. The smallest absolute Gasteiger partial charge is 0.292 e. The van der Waals surface area contributed by atoms with E-state index in [1.165, 1.54) is 0 Å². The van der Waals surface area contributed by atoms with Gasteiger partial charge in [0.2, 0.25) is 5.89 Å². The molecule has 2 N–H and O–H groups in total. The van der Waals surface area contributed by atoms with Gasteiger partial charge in [0.25, 0.3) is 11.7 Å². The molecule has 1 aliphatic heterocycles. The zero-order valence-electron chi connectivity index (χ0n) is 12.0. The monoisotopic (exact) mass is 282 g/mol. The van der Waals surface area contributed by atoms with Crippen molar-refractivity contribution in [1.82, 2.24) is 20.8 Å². The van der Waals surface area contributed by atoms with Crippen LogP contribution in [0.5, 0.6) is 0 Å². The lowest BCUT2D eigenvalue weighted by atomic mass is 10.2. The summed E-state index contributed by atoms with van der Waals surface area (Å²) in [5, 5.41) is 9.66. The SMILES string of the molecule is CC(C)COCCNC(=O)c1noc(C2CCCN2)n1. The summed E-state index contributed by atoms with van der Waals surface area (Å²) in [6, 6.07) is 0.0819. The lowest BCUT2D eigenvalue weighted by molar-refractivity contribution is 0.0875. The molecule has 2 heterocycles. The fourth-order valence-electron chi connectivity index (χ4n) is 2.00. The molecule has 1 fully saturated rings. The van der Waals surface area contributed by atoms with Crippen LogP contribution in [0.2, 0.25) is 0 Å². The maximum atomic E-state index is 11.8. The first-order valence-electron chi connectivity index (χ1n) is 7.09. The topological polar surface area (TPSA) is 89.3 Å². The first kappa shape index (κ1) is 14.9. The van der Waals surface area contributed by atoms with Crippen LogP contribution in [0.3, 0.4) is 0 Å². The molecule has 0 aliphatic carbocycles. The third-order valence-electron chi connectivity index (χ3n) is 2.99. The molecule has 1 aromatic rings. The van der Waals surface area contributed by atoms with Gasteiger partial charge in [0.05, 0.1) is 12.6 Å². The highest BCUT2D eigenvalue weighted by Gasteiger charge is 2.24. The minimum atomic E-state index is -0.328. The van der Waals surface area contributed by atoms with E-state index in [0.29, 0.717) is 31.6 Å². The molecule has 0 aromatic carbocycles. The summed E-state index contributed by atoms with van der Waals surface area (Å²) in [6.07, 6.45) is 2.05. The summed E-state index contributed by atoms with van der Waals surface area (Å²) < 4.78 is 10.5. The Labute approximate surface area is 118 Å². The van der Waals surface area contributed by atoms with Crippen LogP contribution >= 0.6 is 0 Å². The predicted octanol–water partition coefficient (Wildman–Crippen LogP) is 0.896. The largest absolute Gasteiger partial charge is 0.379 e. The average molecular weight is 282 g/mol. The second-order valence-electron chi connectivity index (χ2n) is 5.33. The maximum Gasteiger partial charge on any atom is 0.292 e. The van der Waals surface area contributed by atoms with Crippen molar-refractivity contribution in [3.8, 4) is 0 Å². The highest BCUT2D eigenvalue weighted by Crippen LogP contribution is 2.20. The molecule has 0 radical (unpaired) electrons. The third-order valence-corrected chi connectivity index (χ3v) is 2.99. The van der Waals surface area contributed by atoms with E-state index in [2.05, 4.69) is 34.6 Å². The molecule has 0 saturated carbocycles. The van der Waals surface area contributed by atoms with E-state index in [-0.39, 0.29) is 17.8 Å².